The zero-order chi connectivity index (χ0) is 25.3. The van der Waals surface area contributed by atoms with Crippen LogP contribution >= 0.6 is 11.6 Å². The maximum atomic E-state index is 13.3. The van der Waals surface area contributed by atoms with Gasteiger partial charge in [-0.05, 0) is 54.1 Å². The Morgan fingerprint density at radius 2 is 1.86 bits per heavy atom. The maximum absolute atomic E-state index is 13.3. The predicted octanol–water partition coefficient (Wildman–Crippen LogP) is 4.26. The van der Waals surface area contributed by atoms with Crippen molar-refractivity contribution in [2.75, 3.05) is 24.6 Å². The number of amides is 1. The average molecular weight is 514 g/mol. The molecule has 0 bridgehead atoms. The molecular formula is C25H24ClN3O5S. The van der Waals surface area contributed by atoms with Gasteiger partial charge in [0.1, 0.15) is 13.2 Å². The second-order valence-electron chi connectivity index (χ2n) is 7.11. The summed E-state index contributed by atoms with van der Waals surface area (Å²) in [5.74, 6) is 0.388. The van der Waals surface area contributed by atoms with Crippen LogP contribution < -0.4 is 19.2 Å². The molecule has 0 aromatic heterocycles. The summed E-state index contributed by atoms with van der Waals surface area (Å²) in [6, 6.07) is 19.2. The van der Waals surface area contributed by atoms with E-state index in [0.717, 1.165) is 4.31 Å². The lowest BCUT2D eigenvalue weighted by Gasteiger charge is -2.23. The van der Waals surface area contributed by atoms with E-state index in [1.807, 2.05) is 0 Å². The van der Waals surface area contributed by atoms with E-state index in [0.29, 0.717) is 28.7 Å². The molecule has 8 nitrogen and oxygen atoms in total. The zero-order valence-corrected chi connectivity index (χ0v) is 20.5. The molecule has 1 N–H and O–H groups in total. The first-order valence-electron chi connectivity index (χ1n) is 10.4. The third kappa shape index (κ3) is 6.84. The number of carbonyl (C=O) groups excluding carboxylic acids is 1. The smallest absolute Gasteiger partial charge is 0.264 e. The topological polar surface area (TPSA) is 97.3 Å². The number of halogens is 1. The Morgan fingerprint density at radius 1 is 1.09 bits per heavy atom. The van der Waals surface area contributed by atoms with E-state index in [1.54, 1.807) is 60.7 Å². The fourth-order valence-electron chi connectivity index (χ4n) is 3.04. The zero-order valence-electron chi connectivity index (χ0n) is 18.9. The molecule has 3 rings (SSSR count). The molecule has 35 heavy (non-hydrogen) atoms. The third-order valence-electron chi connectivity index (χ3n) is 4.66. The summed E-state index contributed by atoms with van der Waals surface area (Å²) >= 11 is 6.07. The number of benzene rings is 3. The van der Waals surface area contributed by atoms with E-state index in [-0.39, 0.29) is 10.6 Å². The molecule has 0 radical (unpaired) electrons. The van der Waals surface area contributed by atoms with Crippen LogP contribution in [-0.2, 0) is 14.8 Å². The molecule has 1 amide bonds. The van der Waals surface area contributed by atoms with Crippen LogP contribution in [0.3, 0.4) is 0 Å². The van der Waals surface area contributed by atoms with Crippen molar-refractivity contribution in [2.45, 2.75) is 4.90 Å². The molecule has 3 aromatic rings. The number of nitrogens with one attached hydrogen (secondary N) is 1. The van der Waals surface area contributed by atoms with Crippen LogP contribution in [0.2, 0.25) is 5.02 Å². The molecule has 0 atom stereocenters. The highest BCUT2D eigenvalue weighted by atomic mass is 35.5. The molecule has 182 valence electrons. The molecule has 0 saturated carbocycles. The molecular weight excluding hydrogens is 490 g/mol. The van der Waals surface area contributed by atoms with Crippen LogP contribution in [0.25, 0.3) is 0 Å². The molecule has 0 spiro atoms. The Hall–Kier alpha value is -3.82. The summed E-state index contributed by atoms with van der Waals surface area (Å²) in [4.78, 5) is 12.7. The van der Waals surface area contributed by atoms with Crippen LogP contribution in [0.5, 0.6) is 11.5 Å². The Morgan fingerprint density at radius 3 is 2.54 bits per heavy atom. The standard InChI is InChI=1S/C25H24ClN3O5S/c1-3-14-34-23-13-12-19(15-24(23)33-2)17-27-28-25(30)18-29(21-9-7-8-20(26)16-21)35(31,32)22-10-5-4-6-11-22/h3-13,15-17H,1,14,18H2,2H3,(H,28,30)/b27-17-. The van der Waals surface area contributed by atoms with Crippen molar-refractivity contribution in [1.82, 2.24) is 5.43 Å². The normalized spacial score (nSPS) is 11.1. The van der Waals surface area contributed by atoms with Gasteiger partial charge in [0.15, 0.2) is 11.5 Å². The monoisotopic (exact) mass is 513 g/mol. The molecule has 0 aliphatic rings. The predicted molar refractivity (Wildman–Crippen MR) is 137 cm³/mol. The lowest BCUT2D eigenvalue weighted by atomic mass is 10.2. The van der Waals surface area contributed by atoms with Gasteiger partial charge in [-0.15, -0.1) is 0 Å². The molecule has 10 heteroatoms. The highest BCUT2D eigenvalue weighted by Crippen LogP contribution is 2.28. The molecule has 3 aromatic carbocycles. The summed E-state index contributed by atoms with van der Waals surface area (Å²) in [6.45, 7) is 3.43. The van der Waals surface area contributed by atoms with Crippen LogP contribution in [0.15, 0.2) is 95.4 Å². The van der Waals surface area contributed by atoms with Crippen LogP contribution in [0.1, 0.15) is 5.56 Å². The third-order valence-corrected chi connectivity index (χ3v) is 6.69. The number of ether oxygens (including phenoxy) is 2. The van der Waals surface area contributed by atoms with Gasteiger partial charge in [-0.1, -0.05) is 48.5 Å². The minimum absolute atomic E-state index is 0.0436. The van der Waals surface area contributed by atoms with Gasteiger partial charge >= 0.3 is 0 Å². The number of hydrogen-bond acceptors (Lipinski definition) is 6. The van der Waals surface area contributed by atoms with Gasteiger partial charge in [0.05, 0.1) is 23.9 Å². The van der Waals surface area contributed by atoms with Gasteiger partial charge in [0.25, 0.3) is 15.9 Å². The Bertz CT molecular complexity index is 1310. The number of rotatable bonds is 11. The summed E-state index contributed by atoms with van der Waals surface area (Å²) in [6.07, 6.45) is 3.03. The molecule has 0 saturated heterocycles. The highest BCUT2D eigenvalue weighted by Gasteiger charge is 2.27. The number of carbonyl (C=O) groups is 1. The number of hydrazone groups is 1. The number of nitrogens with zero attached hydrogens (tertiary/aromatic N) is 2. The van der Waals surface area contributed by atoms with E-state index < -0.39 is 22.5 Å². The van der Waals surface area contributed by atoms with E-state index in [2.05, 4.69) is 17.1 Å². The Kier molecular flexibility index (Phi) is 8.88. The lowest BCUT2D eigenvalue weighted by molar-refractivity contribution is -0.119. The number of anilines is 1. The summed E-state index contributed by atoms with van der Waals surface area (Å²) < 4.78 is 38.4. The van der Waals surface area contributed by atoms with Crippen molar-refractivity contribution in [1.29, 1.82) is 0 Å². The number of methoxy groups -OCH3 is 1. The molecule has 0 aliphatic heterocycles. The highest BCUT2D eigenvalue weighted by molar-refractivity contribution is 7.92. The number of sulfonamides is 1. The second kappa shape index (κ2) is 12.0. The Labute approximate surface area is 209 Å². The summed E-state index contributed by atoms with van der Waals surface area (Å²) in [7, 11) is -2.53. The van der Waals surface area contributed by atoms with Gasteiger partial charge in [-0.3, -0.25) is 9.10 Å². The van der Waals surface area contributed by atoms with Crippen molar-refractivity contribution >= 4 is 39.4 Å². The Balaban J connectivity index is 1.77. The van der Waals surface area contributed by atoms with E-state index >= 15 is 0 Å². The van der Waals surface area contributed by atoms with E-state index in [4.69, 9.17) is 21.1 Å². The second-order valence-corrected chi connectivity index (χ2v) is 9.41. The van der Waals surface area contributed by atoms with Crippen LogP contribution in [-0.4, -0.2) is 40.8 Å². The first-order valence-corrected chi connectivity index (χ1v) is 12.2. The minimum atomic E-state index is -4.04. The lowest BCUT2D eigenvalue weighted by Crippen LogP contribution is -2.39. The van der Waals surface area contributed by atoms with Gasteiger partial charge in [0, 0.05) is 5.02 Å². The van der Waals surface area contributed by atoms with Crippen molar-refractivity contribution in [2.24, 2.45) is 5.10 Å². The van der Waals surface area contributed by atoms with Gasteiger partial charge < -0.3 is 9.47 Å². The van der Waals surface area contributed by atoms with Crippen molar-refractivity contribution in [3.63, 3.8) is 0 Å². The fourth-order valence-corrected chi connectivity index (χ4v) is 4.66. The molecule has 0 fully saturated rings. The van der Waals surface area contributed by atoms with Crippen molar-refractivity contribution in [3.05, 3.63) is 96.0 Å². The summed E-state index contributed by atoms with van der Waals surface area (Å²) in [5, 5.41) is 4.28. The van der Waals surface area contributed by atoms with Crippen molar-refractivity contribution in [3.8, 4) is 11.5 Å². The summed E-state index contributed by atoms with van der Waals surface area (Å²) in [5.41, 5.74) is 3.25. The van der Waals surface area contributed by atoms with Crippen LogP contribution in [0, 0.1) is 0 Å². The first kappa shape index (κ1) is 25.8. The first-order chi connectivity index (χ1) is 16.8. The van der Waals surface area contributed by atoms with Gasteiger partial charge in [-0.2, -0.15) is 5.10 Å². The quantitative estimate of drug-likeness (QED) is 0.235. The molecule has 0 unspecified atom stereocenters. The van der Waals surface area contributed by atoms with E-state index in [9.17, 15) is 13.2 Å². The molecule has 0 heterocycles. The van der Waals surface area contributed by atoms with E-state index in [1.165, 1.54) is 31.5 Å². The average Bonchev–Trinajstić information content (AvgIpc) is 2.86. The minimum Gasteiger partial charge on any atom is -0.493 e. The largest absolute Gasteiger partial charge is 0.493 e. The SMILES string of the molecule is C=CCOc1ccc(/C=N\NC(=O)CN(c2cccc(Cl)c2)S(=O)(=O)c2ccccc2)cc1OC. The molecule has 0 aliphatic carbocycles. The maximum Gasteiger partial charge on any atom is 0.264 e. The number of hydrogen-bond donors (Lipinski definition) is 1. The van der Waals surface area contributed by atoms with Crippen LogP contribution in [0.4, 0.5) is 5.69 Å². The van der Waals surface area contributed by atoms with Gasteiger partial charge in [-0.25, -0.2) is 13.8 Å². The van der Waals surface area contributed by atoms with Crippen molar-refractivity contribution < 1.29 is 22.7 Å². The van der Waals surface area contributed by atoms with Gasteiger partial charge in [0.2, 0.25) is 0 Å². The fraction of sp³-hybridized carbons (Fsp3) is 0.120.